The Morgan fingerprint density at radius 1 is 1.20 bits per heavy atom. The zero-order valence-electron chi connectivity index (χ0n) is 15.6. The summed E-state index contributed by atoms with van der Waals surface area (Å²) < 4.78 is 26.8. The van der Waals surface area contributed by atoms with Crippen molar-refractivity contribution in [1.29, 1.82) is 0 Å². The molecular weight excluding hydrogens is 349 g/mol. The SMILES string of the molecule is C[N+](C)(C)CCOP(=O)(O)OCC(O)COC(=O)CCC1CCCC1. The van der Waals surface area contributed by atoms with E-state index in [0.717, 1.165) is 6.42 Å². The molecule has 0 aromatic heterocycles. The highest BCUT2D eigenvalue weighted by Gasteiger charge is 2.24. The molecule has 0 saturated heterocycles. The van der Waals surface area contributed by atoms with Crippen molar-refractivity contribution < 1.29 is 37.6 Å². The van der Waals surface area contributed by atoms with Crippen molar-refractivity contribution in [3.05, 3.63) is 0 Å². The molecule has 1 aliphatic rings. The topological polar surface area (TPSA) is 102 Å². The lowest BCUT2D eigenvalue weighted by molar-refractivity contribution is -0.870. The van der Waals surface area contributed by atoms with Gasteiger partial charge >= 0.3 is 13.8 Å². The predicted octanol–water partition coefficient (Wildman–Crippen LogP) is 1.70. The van der Waals surface area contributed by atoms with Crippen LogP contribution in [0.5, 0.6) is 0 Å². The molecule has 9 heteroatoms. The van der Waals surface area contributed by atoms with Crippen LogP contribution in [0.4, 0.5) is 0 Å². The average molecular weight is 382 g/mol. The molecule has 25 heavy (non-hydrogen) atoms. The second-order valence-electron chi connectivity index (χ2n) is 7.64. The largest absolute Gasteiger partial charge is 0.472 e. The van der Waals surface area contributed by atoms with Gasteiger partial charge in [-0.3, -0.25) is 13.8 Å². The van der Waals surface area contributed by atoms with Gasteiger partial charge in [0.15, 0.2) is 0 Å². The van der Waals surface area contributed by atoms with Crippen LogP contribution in [0.2, 0.25) is 0 Å². The Morgan fingerprint density at radius 2 is 1.84 bits per heavy atom. The molecule has 148 valence electrons. The van der Waals surface area contributed by atoms with Crippen LogP contribution in [-0.2, 0) is 23.1 Å². The molecule has 2 atom stereocenters. The number of ether oxygens (including phenoxy) is 1. The number of carbonyl (C=O) groups is 1. The molecule has 1 rings (SSSR count). The fraction of sp³-hybridized carbons (Fsp3) is 0.938. The van der Waals surface area contributed by atoms with Crippen LogP contribution in [0.15, 0.2) is 0 Å². The average Bonchev–Trinajstić information content (AvgIpc) is 3.01. The normalized spacial score (nSPS) is 19.6. The van der Waals surface area contributed by atoms with Gasteiger partial charge in [-0.05, 0) is 12.3 Å². The standard InChI is InChI=1S/C16H32NO7P/c1-17(2,3)10-11-23-25(20,21)24-13-15(18)12-22-16(19)9-8-14-6-4-5-7-14/h14-15,18H,4-13H2,1-3H3/p+1. The van der Waals surface area contributed by atoms with Crippen molar-refractivity contribution in [1.82, 2.24) is 0 Å². The van der Waals surface area contributed by atoms with E-state index in [0.29, 0.717) is 23.4 Å². The van der Waals surface area contributed by atoms with Crippen LogP contribution < -0.4 is 0 Å². The highest BCUT2D eigenvalue weighted by molar-refractivity contribution is 7.47. The van der Waals surface area contributed by atoms with Crippen LogP contribution in [0, 0.1) is 5.92 Å². The number of esters is 1. The summed E-state index contributed by atoms with van der Waals surface area (Å²) in [6.45, 7) is -0.102. The Bertz CT molecular complexity index is 446. The number of carbonyl (C=O) groups excluding carboxylic acids is 1. The van der Waals surface area contributed by atoms with Crippen LogP contribution in [0.3, 0.4) is 0 Å². The molecule has 0 bridgehead atoms. The van der Waals surface area contributed by atoms with Gasteiger partial charge in [-0.25, -0.2) is 4.57 Å². The van der Waals surface area contributed by atoms with E-state index in [4.69, 9.17) is 13.8 Å². The third-order valence-electron chi connectivity index (χ3n) is 4.11. The summed E-state index contributed by atoms with van der Waals surface area (Å²) in [6.07, 6.45) is 4.79. The van der Waals surface area contributed by atoms with Gasteiger partial charge in [0.1, 0.15) is 25.9 Å². The number of hydrogen-bond donors (Lipinski definition) is 2. The van der Waals surface area contributed by atoms with Gasteiger partial charge in [0.25, 0.3) is 0 Å². The summed E-state index contributed by atoms with van der Waals surface area (Å²) in [7, 11) is 1.57. The first-order valence-electron chi connectivity index (χ1n) is 8.83. The van der Waals surface area contributed by atoms with Gasteiger partial charge in [0.05, 0.1) is 27.7 Å². The molecule has 8 nitrogen and oxygen atoms in total. The Hall–Kier alpha value is -0.500. The zero-order chi connectivity index (χ0) is 18.9. The molecule has 1 saturated carbocycles. The Kier molecular flexibility index (Phi) is 9.56. The quantitative estimate of drug-likeness (QED) is 0.301. The predicted molar refractivity (Wildman–Crippen MR) is 92.8 cm³/mol. The minimum atomic E-state index is -4.22. The molecule has 2 N–H and O–H groups in total. The van der Waals surface area contributed by atoms with E-state index in [1.165, 1.54) is 25.7 Å². The van der Waals surface area contributed by atoms with Crippen molar-refractivity contribution in [2.75, 3.05) is 47.5 Å². The third-order valence-corrected chi connectivity index (χ3v) is 5.10. The van der Waals surface area contributed by atoms with E-state index in [-0.39, 0.29) is 19.2 Å². The van der Waals surface area contributed by atoms with E-state index < -0.39 is 20.5 Å². The second kappa shape index (κ2) is 10.6. The van der Waals surface area contributed by atoms with Gasteiger partial charge in [-0.15, -0.1) is 0 Å². The summed E-state index contributed by atoms with van der Waals surface area (Å²) in [5, 5.41) is 9.70. The Labute approximate surface area is 150 Å². The van der Waals surface area contributed by atoms with Crippen LogP contribution in [0.1, 0.15) is 38.5 Å². The van der Waals surface area contributed by atoms with Crippen LogP contribution in [0.25, 0.3) is 0 Å². The van der Waals surface area contributed by atoms with Crippen LogP contribution in [-0.4, -0.2) is 74.1 Å². The van der Waals surface area contributed by atoms with Gasteiger partial charge in [-0.1, -0.05) is 25.7 Å². The molecule has 0 aliphatic heterocycles. The number of phosphoric acid groups is 1. The van der Waals surface area contributed by atoms with Gasteiger partial charge in [0.2, 0.25) is 0 Å². The molecule has 0 amide bonds. The highest BCUT2D eigenvalue weighted by Crippen LogP contribution is 2.43. The van der Waals surface area contributed by atoms with Crippen molar-refractivity contribution in [2.45, 2.75) is 44.6 Å². The van der Waals surface area contributed by atoms with Gasteiger partial charge in [0, 0.05) is 6.42 Å². The fourth-order valence-electron chi connectivity index (χ4n) is 2.58. The lowest BCUT2D eigenvalue weighted by Crippen LogP contribution is -2.37. The molecule has 0 radical (unpaired) electrons. The number of phosphoric ester groups is 1. The number of likely N-dealkylation sites (N-methyl/N-ethyl adjacent to an activating group) is 1. The summed E-state index contributed by atoms with van der Waals surface area (Å²) >= 11 is 0. The van der Waals surface area contributed by atoms with Crippen molar-refractivity contribution in [3.8, 4) is 0 Å². The van der Waals surface area contributed by atoms with E-state index in [2.05, 4.69) is 0 Å². The lowest BCUT2D eigenvalue weighted by Gasteiger charge is -2.24. The maximum absolute atomic E-state index is 11.7. The van der Waals surface area contributed by atoms with Crippen molar-refractivity contribution in [3.63, 3.8) is 0 Å². The van der Waals surface area contributed by atoms with E-state index in [1.54, 1.807) is 0 Å². The minimum absolute atomic E-state index is 0.0591. The summed E-state index contributed by atoms with van der Waals surface area (Å²) in [5.41, 5.74) is 0. The van der Waals surface area contributed by atoms with Crippen LogP contribution >= 0.6 is 7.82 Å². The summed E-state index contributed by atoms with van der Waals surface area (Å²) in [6, 6.07) is 0. The van der Waals surface area contributed by atoms with Gasteiger partial charge < -0.3 is 19.2 Å². The molecule has 0 aromatic rings. The molecule has 0 spiro atoms. The molecule has 0 heterocycles. The smallest absolute Gasteiger partial charge is 0.463 e. The van der Waals surface area contributed by atoms with E-state index in [1.807, 2.05) is 21.1 Å². The fourth-order valence-corrected chi connectivity index (χ4v) is 3.33. The molecular formula is C16H33NO7P+. The van der Waals surface area contributed by atoms with Gasteiger partial charge in [-0.2, -0.15) is 0 Å². The highest BCUT2D eigenvalue weighted by atomic mass is 31.2. The first kappa shape index (κ1) is 22.5. The first-order chi connectivity index (χ1) is 11.6. The summed E-state index contributed by atoms with van der Waals surface area (Å²) in [4.78, 5) is 21.2. The number of aliphatic hydroxyl groups excluding tert-OH is 1. The zero-order valence-corrected chi connectivity index (χ0v) is 16.5. The van der Waals surface area contributed by atoms with Crippen molar-refractivity contribution in [2.24, 2.45) is 5.92 Å². The molecule has 0 aromatic carbocycles. The van der Waals surface area contributed by atoms with E-state index >= 15 is 0 Å². The second-order valence-corrected chi connectivity index (χ2v) is 9.09. The summed E-state index contributed by atoms with van der Waals surface area (Å²) in [5.74, 6) is 0.238. The Balaban J connectivity index is 2.12. The number of hydrogen-bond acceptors (Lipinski definition) is 6. The third kappa shape index (κ3) is 11.7. The lowest BCUT2D eigenvalue weighted by atomic mass is 10.0. The number of quaternary nitrogens is 1. The maximum Gasteiger partial charge on any atom is 0.472 e. The molecule has 2 unspecified atom stereocenters. The van der Waals surface area contributed by atoms with Crippen molar-refractivity contribution >= 4 is 13.8 Å². The van der Waals surface area contributed by atoms with E-state index in [9.17, 15) is 19.4 Å². The first-order valence-corrected chi connectivity index (χ1v) is 10.3. The minimum Gasteiger partial charge on any atom is -0.463 e. The monoisotopic (exact) mass is 382 g/mol. The number of rotatable bonds is 12. The maximum atomic E-state index is 11.7. The molecule has 1 fully saturated rings. The Morgan fingerprint density at radius 3 is 2.44 bits per heavy atom. The molecule has 1 aliphatic carbocycles. The number of nitrogens with zero attached hydrogens (tertiary/aromatic N) is 1. The number of aliphatic hydroxyl groups is 1.